The third kappa shape index (κ3) is 3.09. The van der Waals surface area contributed by atoms with Gasteiger partial charge >= 0.3 is 5.97 Å². The van der Waals surface area contributed by atoms with Crippen molar-refractivity contribution >= 4 is 46.4 Å². The molecule has 0 fully saturated rings. The maximum atomic E-state index is 11.4. The average molecular weight is 268 g/mol. The number of thiophene rings is 1. The highest BCUT2D eigenvalue weighted by Crippen LogP contribution is 2.31. The van der Waals surface area contributed by atoms with E-state index in [0.29, 0.717) is 4.34 Å². The van der Waals surface area contributed by atoms with Gasteiger partial charge in [-0.2, -0.15) is 0 Å². The number of carboxylic acids is 1. The minimum Gasteiger partial charge on any atom is -0.480 e. The number of carbonyl (C=O) groups excluding carboxylic acids is 1. The van der Waals surface area contributed by atoms with E-state index in [1.54, 1.807) is 0 Å². The molecule has 0 radical (unpaired) electrons. The summed E-state index contributed by atoms with van der Waals surface area (Å²) in [4.78, 5) is 22.2. The van der Waals surface area contributed by atoms with Crippen molar-refractivity contribution in [2.75, 3.05) is 0 Å². The number of nitrogens with one attached hydrogen (secondary N) is 1. The van der Waals surface area contributed by atoms with E-state index in [0.717, 1.165) is 11.3 Å². The highest BCUT2D eigenvalue weighted by molar-refractivity contribution is 7.18. The Labute approximate surface area is 99.8 Å². The van der Waals surface area contributed by atoms with Crippen LogP contribution in [0, 0.1) is 0 Å². The summed E-state index contributed by atoms with van der Waals surface area (Å²) in [6.07, 6.45) is 0. The fourth-order valence-electron chi connectivity index (χ4n) is 0.788. The molecule has 1 aromatic rings. The van der Waals surface area contributed by atoms with Crippen molar-refractivity contribution in [3.63, 3.8) is 0 Å². The smallest absolute Gasteiger partial charge is 0.325 e. The van der Waals surface area contributed by atoms with E-state index < -0.39 is 17.9 Å². The lowest BCUT2D eigenvalue weighted by Crippen LogP contribution is -2.37. The van der Waals surface area contributed by atoms with Crippen LogP contribution in [0.5, 0.6) is 0 Å². The molecule has 1 aromatic heterocycles. The van der Waals surface area contributed by atoms with E-state index in [1.807, 2.05) is 0 Å². The highest BCUT2D eigenvalue weighted by Gasteiger charge is 2.17. The number of carbonyl (C=O) groups is 2. The third-order valence-corrected chi connectivity index (χ3v) is 3.45. The van der Waals surface area contributed by atoms with Gasteiger partial charge < -0.3 is 10.4 Å². The van der Waals surface area contributed by atoms with Gasteiger partial charge in [0.2, 0.25) is 0 Å². The van der Waals surface area contributed by atoms with Crippen LogP contribution in [0.4, 0.5) is 0 Å². The molecule has 0 spiro atoms. The predicted octanol–water partition coefficient (Wildman–Crippen LogP) is 2.26. The summed E-state index contributed by atoms with van der Waals surface area (Å²) in [5.41, 5.74) is 0. The van der Waals surface area contributed by atoms with Crippen LogP contribution in [0.25, 0.3) is 0 Å². The Morgan fingerprint density at radius 1 is 1.53 bits per heavy atom. The standard InChI is InChI=1S/C8H7Cl2NO3S/c1-3(8(13)14)11-7(12)5-2-4(9)6(10)15-5/h2-3H,1H3,(H,11,12)(H,13,14)/t3-/m0/s1. The molecule has 0 bridgehead atoms. The molecule has 0 aliphatic heterocycles. The predicted molar refractivity (Wildman–Crippen MR) is 58.9 cm³/mol. The van der Waals surface area contributed by atoms with Crippen LogP contribution in [-0.2, 0) is 4.79 Å². The summed E-state index contributed by atoms with van der Waals surface area (Å²) in [5.74, 6) is -1.60. The van der Waals surface area contributed by atoms with E-state index in [4.69, 9.17) is 28.3 Å². The Bertz CT molecular complexity index is 385. The number of amides is 1. The number of carboxylic acid groups (broad SMARTS) is 1. The van der Waals surface area contributed by atoms with Gasteiger partial charge in [0.25, 0.3) is 5.91 Å². The SMILES string of the molecule is C[C@H](NC(=O)c1cc(Cl)c(Cl)s1)C(=O)O. The zero-order valence-electron chi connectivity index (χ0n) is 7.58. The lowest BCUT2D eigenvalue weighted by molar-refractivity contribution is -0.138. The zero-order chi connectivity index (χ0) is 11.6. The second-order valence-electron chi connectivity index (χ2n) is 2.77. The van der Waals surface area contributed by atoms with E-state index in [2.05, 4.69) is 5.32 Å². The first kappa shape index (κ1) is 12.3. The lowest BCUT2D eigenvalue weighted by Gasteiger charge is -2.06. The molecule has 0 saturated heterocycles. The van der Waals surface area contributed by atoms with Gasteiger partial charge in [-0.25, -0.2) is 0 Å². The molecule has 0 saturated carbocycles. The van der Waals surface area contributed by atoms with Crippen molar-refractivity contribution < 1.29 is 14.7 Å². The first-order chi connectivity index (χ1) is 6.91. The monoisotopic (exact) mass is 267 g/mol. The Kier molecular flexibility index (Phi) is 3.96. The minimum atomic E-state index is -1.10. The molecule has 4 nitrogen and oxygen atoms in total. The summed E-state index contributed by atoms with van der Waals surface area (Å²) < 4.78 is 0.310. The van der Waals surface area contributed by atoms with Gasteiger partial charge in [-0.3, -0.25) is 9.59 Å². The Morgan fingerprint density at radius 2 is 2.13 bits per heavy atom. The Morgan fingerprint density at radius 3 is 2.53 bits per heavy atom. The quantitative estimate of drug-likeness (QED) is 0.883. The molecule has 1 atom stereocenters. The van der Waals surface area contributed by atoms with Gasteiger partial charge in [-0.1, -0.05) is 23.2 Å². The van der Waals surface area contributed by atoms with Crippen LogP contribution in [0.2, 0.25) is 9.36 Å². The maximum Gasteiger partial charge on any atom is 0.325 e. The molecule has 0 unspecified atom stereocenters. The average Bonchev–Trinajstić information content (AvgIpc) is 2.46. The van der Waals surface area contributed by atoms with Crippen molar-refractivity contribution in [3.05, 3.63) is 20.3 Å². The molecule has 2 N–H and O–H groups in total. The summed E-state index contributed by atoms with van der Waals surface area (Å²) in [5, 5.41) is 11.2. The summed E-state index contributed by atoms with van der Waals surface area (Å²) in [7, 11) is 0. The number of rotatable bonds is 3. The molecule has 7 heteroatoms. The molecular weight excluding hydrogens is 261 g/mol. The normalized spacial score (nSPS) is 12.2. The maximum absolute atomic E-state index is 11.4. The van der Waals surface area contributed by atoms with Crippen molar-refractivity contribution in [2.24, 2.45) is 0 Å². The number of aliphatic carboxylic acids is 1. The fourth-order valence-corrected chi connectivity index (χ4v) is 2.06. The van der Waals surface area contributed by atoms with Gasteiger partial charge in [0.15, 0.2) is 0 Å². The van der Waals surface area contributed by atoms with Crippen LogP contribution in [-0.4, -0.2) is 23.0 Å². The largest absolute Gasteiger partial charge is 0.480 e. The van der Waals surface area contributed by atoms with Crippen LogP contribution in [0.15, 0.2) is 6.07 Å². The molecule has 0 aliphatic rings. The minimum absolute atomic E-state index is 0.287. The van der Waals surface area contributed by atoms with Gasteiger partial charge in [0.05, 0.1) is 9.90 Å². The van der Waals surface area contributed by atoms with Gasteiger partial charge in [0.1, 0.15) is 10.4 Å². The van der Waals surface area contributed by atoms with E-state index in [-0.39, 0.29) is 9.90 Å². The number of hydrogen-bond acceptors (Lipinski definition) is 3. The molecular formula is C8H7Cl2NO3S. The summed E-state index contributed by atoms with van der Waals surface area (Å²) in [6, 6.07) is 0.454. The van der Waals surface area contributed by atoms with E-state index >= 15 is 0 Å². The molecule has 1 rings (SSSR count). The van der Waals surface area contributed by atoms with Gasteiger partial charge in [-0.05, 0) is 13.0 Å². The van der Waals surface area contributed by atoms with Crippen LogP contribution in [0.3, 0.4) is 0 Å². The molecule has 82 valence electrons. The molecule has 15 heavy (non-hydrogen) atoms. The number of halogens is 2. The zero-order valence-corrected chi connectivity index (χ0v) is 9.91. The first-order valence-electron chi connectivity index (χ1n) is 3.90. The molecule has 0 aliphatic carbocycles. The molecule has 1 amide bonds. The first-order valence-corrected chi connectivity index (χ1v) is 5.47. The summed E-state index contributed by atoms with van der Waals surface area (Å²) in [6.45, 7) is 1.37. The second kappa shape index (κ2) is 4.83. The van der Waals surface area contributed by atoms with Crippen molar-refractivity contribution in [2.45, 2.75) is 13.0 Å². The van der Waals surface area contributed by atoms with Crippen molar-refractivity contribution in [3.8, 4) is 0 Å². The molecule has 0 aromatic carbocycles. The van der Waals surface area contributed by atoms with Crippen LogP contribution in [0.1, 0.15) is 16.6 Å². The van der Waals surface area contributed by atoms with E-state index in [1.165, 1.54) is 13.0 Å². The topological polar surface area (TPSA) is 66.4 Å². The van der Waals surface area contributed by atoms with Gasteiger partial charge in [0, 0.05) is 0 Å². The van der Waals surface area contributed by atoms with Crippen LogP contribution >= 0.6 is 34.5 Å². The third-order valence-electron chi connectivity index (χ3n) is 1.59. The van der Waals surface area contributed by atoms with Crippen LogP contribution < -0.4 is 5.32 Å². The van der Waals surface area contributed by atoms with E-state index in [9.17, 15) is 9.59 Å². The van der Waals surface area contributed by atoms with Crippen molar-refractivity contribution in [1.82, 2.24) is 5.32 Å². The lowest BCUT2D eigenvalue weighted by atomic mass is 10.3. The highest BCUT2D eigenvalue weighted by atomic mass is 35.5. The molecule has 1 heterocycles. The Hall–Kier alpha value is -0.780. The van der Waals surface area contributed by atoms with Crippen molar-refractivity contribution in [1.29, 1.82) is 0 Å². The fraction of sp³-hybridized carbons (Fsp3) is 0.250. The number of hydrogen-bond donors (Lipinski definition) is 2. The Balaban J connectivity index is 2.73. The summed E-state index contributed by atoms with van der Waals surface area (Å²) >= 11 is 12.3. The van der Waals surface area contributed by atoms with Gasteiger partial charge in [-0.15, -0.1) is 11.3 Å². The second-order valence-corrected chi connectivity index (χ2v) is 4.83.